The molecule has 0 saturated carbocycles. The Labute approximate surface area is 183 Å². The van der Waals surface area contributed by atoms with Gasteiger partial charge in [0.25, 0.3) is 11.7 Å². The van der Waals surface area contributed by atoms with E-state index in [1.807, 2.05) is 31.2 Å². The van der Waals surface area contributed by atoms with Gasteiger partial charge in [-0.05, 0) is 37.7 Å². The van der Waals surface area contributed by atoms with E-state index in [9.17, 15) is 14.7 Å². The number of rotatable bonds is 8. The van der Waals surface area contributed by atoms with Crippen LogP contribution in [0.5, 0.6) is 5.75 Å². The molecule has 31 heavy (non-hydrogen) atoms. The first-order valence-electron chi connectivity index (χ1n) is 10.6. The topological polar surface area (TPSA) is 70.1 Å². The number of nitrogens with zero attached hydrogens (tertiary/aromatic N) is 2. The summed E-state index contributed by atoms with van der Waals surface area (Å²) in [5, 5.41) is 11.1. The van der Waals surface area contributed by atoms with E-state index in [2.05, 4.69) is 18.7 Å². The third-order valence-electron chi connectivity index (χ3n) is 5.83. The fourth-order valence-electron chi connectivity index (χ4n) is 3.92. The number of carbonyl (C=O) groups is 2. The molecule has 1 amide bonds. The first kappa shape index (κ1) is 22.6. The van der Waals surface area contributed by atoms with E-state index in [0.29, 0.717) is 24.4 Å². The summed E-state index contributed by atoms with van der Waals surface area (Å²) in [4.78, 5) is 29.9. The van der Waals surface area contributed by atoms with Crippen LogP contribution in [0.2, 0.25) is 0 Å². The molecule has 2 aromatic rings. The lowest BCUT2D eigenvalue weighted by molar-refractivity contribution is -0.140. The van der Waals surface area contributed by atoms with Crippen molar-refractivity contribution in [2.75, 3.05) is 33.3 Å². The monoisotopic (exact) mass is 422 g/mol. The number of aryl methyl sites for hydroxylation is 1. The molecule has 1 unspecified atom stereocenters. The predicted octanol–water partition coefficient (Wildman–Crippen LogP) is 3.77. The number of aliphatic hydroxyl groups is 1. The molecule has 1 atom stereocenters. The van der Waals surface area contributed by atoms with Crippen LogP contribution >= 0.6 is 0 Å². The average Bonchev–Trinajstić information content (AvgIpc) is 3.04. The van der Waals surface area contributed by atoms with Crippen LogP contribution in [0.25, 0.3) is 5.76 Å². The molecule has 1 N–H and O–H groups in total. The summed E-state index contributed by atoms with van der Waals surface area (Å²) in [6.07, 6.45) is 0. The number of likely N-dealkylation sites (tertiary alicyclic amines) is 1. The Bertz CT molecular complexity index is 977. The lowest BCUT2D eigenvalue weighted by Crippen LogP contribution is -2.38. The standard InChI is InChI=1S/C25H30N2O4/c1-5-26(6-2)14-15-27-22(18-12-10-17(3)11-13-18)21(24(29)25(27)30)23(28)19-8-7-9-20(16-19)31-4/h7-13,16,22,28H,5-6,14-15H2,1-4H3/b23-21+. The van der Waals surface area contributed by atoms with Crippen molar-refractivity contribution in [1.82, 2.24) is 9.80 Å². The highest BCUT2D eigenvalue weighted by atomic mass is 16.5. The second-order valence-corrected chi connectivity index (χ2v) is 7.66. The summed E-state index contributed by atoms with van der Waals surface area (Å²) in [5.41, 5.74) is 2.44. The minimum absolute atomic E-state index is 0.113. The van der Waals surface area contributed by atoms with Crippen LogP contribution in [-0.2, 0) is 9.59 Å². The molecule has 6 nitrogen and oxygen atoms in total. The average molecular weight is 423 g/mol. The summed E-state index contributed by atoms with van der Waals surface area (Å²) in [5.74, 6) is -0.868. The number of hydrogen-bond acceptors (Lipinski definition) is 5. The number of amides is 1. The Morgan fingerprint density at radius 2 is 1.77 bits per heavy atom. The molecule has 0 radical (unpaired) electrons. The number of methoxy groups -OCH3 is 1. The fraction of sp³-hybridized carbons (Fsp3) is 0.360. The molecule has 0 aliphatic carbocycles. The highest BCUT2D eigenvalue weighted by molar-refractivity contribution is 6.46. The van der Waals surface area contributed by atoms with E-state index in [0.717, 1.165) is 24.2 Å². The molecule has 6 heteroatoms. The first-order chi connectivity index (χ1) is 14.9. The molecule has 1 fully saturated rings. The maximum Gasteiger partial charge on any atom is 0.295 e. The van der Waals surface area contributed by atoms with Crippen molar-refractivity contribution in [3.05, 3.63) is 70.8 Å². The van der Waals surface area contributed by atoms with E-state index in [1.54, 1.807) is 29.2 Å². The Hall–Kier alpha value is -3.12. The van der Waals surface area contributed by atoms with Crippen molar-refractivity contribution in [1.29, 1.82) is 0 Å². The molecule has 3 rings (SSSR count). The third-order valence-corrected chi connectivity index (χ3v) is 5.83. The van der Waals surface area contributed by atoms with E-state index in [-0.39, 0.29) is 11.3 Å². The SMILES string of the molecule is CCN(CC)CCN1C(=O)C(=O)/C(=C(/O)c2cccc(OC)c2)C1c1ccc(C)cc1. The molecule has 164 valence electrons. The number of aliphatic hydroxyl groups excluding tert-OH is 1. The third kappa shape index (κ3) is 4.64. The van der Waals surface area contributed by atoms with Crippen LogP contribution in [0, 0.1) is 6.92 Å². The van der Waals surface area contributed by atoms with Gasteiger partial charge in [0.15, 0.2) is 0 Å². The van der Waals surface area contributed by atoms with Crippen molar-refractivity contribution in [3.63, 3.8) is 0 Å². The second-order valence-electron chi connectivity index (χ2n) is 7.66. The van der Waals surface area contributed by atoms with Crippen molar-refractivity contribution >= 4 is 17.4 Å². The predicted molar refractivity (Wildman–Crippen MR) is 121 cm³/mol. The number of hydrogen-bond donors (Lipinski definition) is 1. The fourth-order valence-corrected chi connectivity index (χ4v) is 3.92. The highest BCUT2D eigenvalue weighted by Gasteiger charge is 2.45. The zero-order chi connectivity index (χ0) is 22.5. The molecule has 0 bridgehead atoms. The maximum atomic E-state index is 13.1. The number of ketones is 1. The van der Waals surface area contributed by atoms with Crippen molar-refractivity contribution in [2.45, 2.75) is 26.8 Å². The molecular weight excluding hydrogens is 392 g/mol. The maximum absolute atomic E-state index is 13.1. The summed E-state index contributed by atoms with van der Waals surface area (Å²) in [6, 6.07) is 13.9. The van der Waals surface area contributed by atoms with Gasteiger partial charge in [-0.25, -0.2) is 0 Å². The van der Waals surface area contributed by atoms with Crippen LogP contribution in [0.4, 0.5) is 0 Å². The van der Waals surface area contributed by atoms with E-state index in [1.165, 1.54) is 7.11 Å². The molecular formula is C25H30N2O4. The van der Waals surface area contributed by atoms with Crippen molar-refractivity contribution in [3.8, 4) is 5.75 Å². The van der Waals surface area contributed by atoms with Crippen LogP contribution < -0.4 is 4.74 Å². The van der Waals surface area contributed by atoms with Gasteiger partial charge < -0.3 is 19.6 Å². The summed E-state index contributed by atoms with van der Waals surface area (Å²) < 4.78 is 5.25. The zero-order valence-electron chi connectivity index (χ0n) is 18.6. The molecule has 0 spiro atoms. The summed E-state index contributed by atoms with van der Waals surface area (Å²) >= 11 is 0. The van der Waals surface area contributed by atoms with Gasteiger partial charge in [-0.15, -0.1) is 0 Å². The van der Waals surface area contributed by atoms with E-state index < -0.39 is 17.7 Å². The van der Waals surface area contributed by atoms with E-state index >= 15 is 0 Å². The van der Waals surface area contributed by atoms with Crippen molar-refractivity contribution in [2.24, 2.45) is 0 Å². The van der Waals surface area contributed by atoms with Gasteiger partial charge in [0.05, 0.1) is 18.7 Å². The van der Waals surface area contributed by atoms with Gasteiger partial charge in [0, 0.05) is 18.7 Å². The Morgan fingerprint density at radius 1 is 1.10 bits per heavy atom. The van der Waals surface area contributed by atoms with Gasteiger partial charge in [0.2, 0.25) is 0 Å². The van der Waals surface area contributed by atoms with E-state index in [4.69, 9.17) is 4.74 Å². The number of ether oxygens (including phenoxy) is 1. The second kappa shape index (κ2) is 9.79. The Kier molecular flexibility index (Phi) is 7.13. The Balaban J connectivity index is 2.10. The van der Waals surface area contributed by atoms with Gasteiger partial charge in [-0.1, -0.05) is 55.8 Å². The number of benzene rings is 2. The number of carbonyl (C=O) groups excluding carboxylic acids is 2. The van der Waals surface area contributed by atoms with Crippen LogP contribution in [0.15, 0.2) is 54.1 Å². The van der Waals surface area contributed by atoms with Crippen LogP contribution in [0.3, 0.4) is 0 Å². The minimum atomic E-state index is -0.662. The van der Waals surface area contributed by atoms with Crippen LogP contribution in [-0.4, -0.2) is 59.9 Å². The number of Topliss-reactive ketones (excluding diaryl/α,β-unsaturated/α-hetero) is 1. The van der Waals surface area contributed by atoms with Gasteiger partial charge in [-0.3, -0.25) is 9.59 Å². The highest BCUT2D eigenvalue weighted by Crippen LogP contribution is 2.39. The smallest absolute Gasteiger partial charge is 0.295 e. The largest absolute Gasteiger partial charge is 0.507 e. The van der Waals surface area contributed by atoms with Gasteiger partial charge in [-0.2, -0.15) is 0 Å². The summed E-state index contributed by atoms with van der Waals surface area (Å²) in [6.45, 7) is 8.90. The molecule has 0 aromatic heterocycles. The van der Waals surface area contributed by atoms with Gasteiger partial charge in [0.1, 0.15) is 11.5 Å². The van der Waals surface area contributed by atoms with Gasteiger partial charge >= 0.3 is 0 Å². The Morgan fingerprint density at radius 3 is 2.39 bits per heavy atom. The van der Waals surface area contributed by atoms with Crippen LogP contribution in [0.1, 0.15) is 36.6 Å². The lowest BCUT2D eigenvalue weighted by atomic mass is 9.94. The lowest BCUT2D eigenvalue weighted by Gasteiger charge is -2.28. The molecule has 2 aromatic carbocycles. The minimum Gasteiger partial charge on any atom is -0.507 e. The number of likely N-dealkylation sites (N-methyl/N-ethyl adjacent to an activating group) is 1. The quantitative estimate of drug-likeness (QED) is 0.398. The normalized spacial score (nSPS) is 18.1. The first-order valence-corrected chi connectivity index (χ1v) is 10.6. The molecule has 1 saturated heterocycles. The molecule has 1 aliphatic heterocycles. The van der Waals surface area contributed by atoms with Crippen molar-refractivity contribution < 1.29 is 19.4 Å². The summed E-state index contributed by atoms with van der Waals surface area (Å²) in [7, 11) is 1.54. The molecule has 1 heterocycles. The zero-order valence-corrected chi connectivity index (χ0v) is 18.6. The molecule has 1 aliphatic rings.